The number of pyridine rings is 1. The molecule has 3 rings (SSSR count). The number of carbonyl (C=O) groups excluding carboxylic acids is 2. The molecule has 0 bridgehead atoms. The number of para-hydroxylation sites is 1. The average molecular weight is 419 g/mol. The highest BCUT2D eigenvalue weighted by atomic mass is 16.6. The molecule has 9 nitrogen and oxygen atoms in total. The molecule has 0 saturated carbocycles. The fraction of sp³-hybridized carbons (Fsp3) is 0.182. The molecule has 9 heteroatoms. The Balaban J connectivity index is 1.92. The van der Waals surface area contributed by atoms with Gasteiger partial charge in [-0.15, -0.1) is 5.10 Å². The zero-order valence-corrected chi connectivity index (χ0v) is 17.3. The van der Waals surface area contributed by atoms with E-state index in [0.717, 1.165) is 0 Å². The number of carbonyl (C=O) groups is 2. The minimum atomic E-state index is -0.620. The molecule has 158 valence electrons. The van der Waals surface area contributed by atoms with Crippen LogP contribution in [0.15, 0.2) is 59.9 Å². The number of hydrogen-bond donors (Lipinski definition) is 0. The van der Waals surface area contributed by atoms with Crippen molar-refractivity contribution in [2.24, 2.45) is 4.99 Å². The molecule has 2 amide bonds. The minimum absolute atomic E-state index is 0.0636. The van der Waals surface area contributed by atoms with Gasteiger partial charge < -0.3 is 14.4 Å². The van der Waals surface area contributed by atoms with Crippen molar-refractivity contribution in [3.63, 3.8) is 0 Å². The van der Waals surface area contributed by atoms with Gasteiger partial charge in [-0.1, -0.05) is 18.2 Å². The first kappa shape index (κ1) is 21.6. The van der Waals surface area contributed by atoms with Crippen LogP contribution in [0.3, 0.4) is 0 Å². The number of amides is 2. The van der Waals surface area contributed by atoms with Gasteiger partial charge in [-0.2, -0.15) is 5.10 Å². The Labute approximate surface area is 179 Å². The van der Waals surface area contributed by atoms with E-state index in [4.69, 9.17) is 9.47 Å². The van der Waals surface area contributed by atoms with E-state index >= 15 is 0 Å². The first-order chi connectivity index (χ1) is 15.0. The molecule has 1 aromatic carbocycles. The van der Waals surface area contributed by atoms with Gasteiger partial charge in [0.15, 0.2) is 11.4 Å². The van der Waals surface area contributed by atoms with Crippen LogP contribution in [0.25, 0.3) is 11.1 Å². The fourth-order valence-corrected chi connectivity index (χ4v) is 2.63. The number of benzene rings is 1. The fourth-order valence-electron chi connectivity index (χ4n) is 2.63. The summed E-state index contributed by atoms with van der Waals surface area (Å²) in [6, 6.07) is 12.2. The summed E-state index contributed by atoms with van der Waals surface area (Å²) in [6.07, 6.45) is 3.66. The van der Waals surface area contributed by atoms with Crippen LogP contribution in [-0.2, 0) is 0 Å². The van der Waals surface area contributed by atoms with Crippen molar-refractivity contribution in [2.75, 3.05) is 20.7 Å². The molecule has 0 aliphatic carbocycles. The molecule has 3 aromatic rings. The van der Waals surface area contributed by atoms with E-state index in [1.54, 1.807) is 32.3 Å². The lowest BCUT2D eigenvalue weighted by Crippen LogP contribution is -2.25. The van der Waals surface area contributed by atoms with Crippen LogP contribution < -0.4 is 9.47 Å². The molecule has 0 unspecified atom stereocenters. The number of aliphatic imine (C=N–C) groups is 1. The van der Waals surface area contributed by atoms with E-state index < -0.39 is 12.0 Å². The van der Waals surface area contributed by atoms with Crippen molar-refractivity contribution in [1.82, 2.24) is 20.1 Å². The number of nitrogens with zero attached hydrogens (tertiary/aromatic N) is 5. The molecule has 0 aliphatic rings. The summed E-state index contributed by atoms with van der Waals surface area (Å²) >= 11 is 0. The van der Waals surface area contributed by atoms with E-state index in [9.17, 15) is 9.59 Å². The van der Waals surface area contributed by atoms with Crippen LogP contribution in [0, 0.1) is 0 Å². The van der Waals surface area contributed by atoms with Gasteiger partial charge in [0.25, 0.3) is 5.91 Å². The molecule has 0 aliphatic heterocycles. The number of ether oxygens (including phenoxy) is 2. The third-order valence-corrected chi connectivity index (χ3v) is 4.07. The quantitative estimate of drug-likeness (QED) is 0.565. The van der Waals surface area contributed by atoms with Gasteiger partial charge in [-0.3, -0.25) is 9.78 Å². The molecule has 0 saturated heterocycles. The molecule has 0 spiro atoms. The van der Waals surface area contributed by atoms with Crippen LogP contribution >= 0.6 is 0 Å². The topological polar surface area (TPSA) is 107 Å². The minimum Gasteiger partial charge on any atom is -0.493 e. The van der Waals surface area contributed by atoms with Crippen LogP contribution in [0.1, 0.15) is 23.1 Å². The van der Waals surface area contributed by atoms with Gasteiger partial charge in [-0.25, -0.2) is 9.79 Å². The summed E-state index contributed by atoms with van der Waals surface area (Å²) in [5.41, 5.74) is 1.54. The molecular weight excluding hydrogens is 398 g/mol. The third kappa shape index (κ3) is 5.27. The highest BCUT2D eigenvalue weighted by molar-refractivity contribution is 6.05. The van der Waals surface area contributed by atoms with Crippen LogP contribution in [-0.4, -0.2) is 59.0 Å². The molecule has 0 N–H and O–H groups in total. The second-order valence-electron chi connectivity index (χ2n) is 6.44. The lowest BCUT2D eigenvalue weighted by molar-refractivity contribution is 0.0998. The Morgan fingerprint density at radius 1 is 1.03 bits per heavy atom. The highest BCUT2D eigenvalue weighted by Crippen LogP contribution is 2.31. The lowest BCUT2D eigenvalue weighted by Gasteiger charge is -2.12. The first-order valence-electron chi connectivity index (χ1n) is 9.47. The molecule has 2 heterocycles. The van der Waals surface area contributed by atoms with E-state index in [2.05, 4.69) is 20.2 Å². The number of rotatable bonds is 6. The standard InChI is InChI=1S/C22H21N5O4/c1-4-30-18-9-6-5-8-15(18)16-11-13-25-26-20(16)21(28)24-14-17-19(10-7-12-23-17)31-22(29)27(2)3/h5-14H,4H2,1-3H3/b24-14-. The summed E-state index contributed by atoms with van der Waals surface area (Å²) in [5.74, 6) is 0.183. The van der Waals surface area contributed by atoms with Crippen molar-refractivity contribution < 1.29 is 19.1 Å². The van der Waals surface area contributed by atoms with E-state index in [1.165, 1.54) is 23.5 Å². The van der Waals surface area contributed by atoms with E-state index in [0.29, 0.717) is 23.5 Å². The summed E-state index contributed by atoms with van der Waals surface area (Å²) in [4.78, 5) is 34.0. The van der Waals surface area contributed by atoms with E-state index in [1.807, 2.05) is 31.2 Å². The normalized spacial score (nSPS) is 10.7. The molecule has 0 fully saturated rings. The van der Waals surface area contributed by atoms with Gasteiger partial charge in [-0.05, 0) is 31.2 Å². The van der Waals surface area contributed by atoms with Crippen molar-refractivity contribution in [2.45, 2.75) is 6.92 Å². The van der Waals surface area contributed by atoms with E-state index in [-0.39, 0.29) is 17.1 Å². The van der Waals surface area contributed by atoms with Crippen molar-refractivity contribution in [1.29, 1.82) is 0 Å². The maximum absolute atomic E-state index is 12.8. The summed E-state index contributed by atoms with van der Waals surface area (Å²) in [5, 5.41) is 7.80. The molecular formula is C22H21N5O4. The van der Waals surface area contributed by atoms with Crippen LogP contribution in [0.2, 0.25) is 0 Å². The predicted octanol–water partition coefficient (Wildman–Crippen LogP) is 3.26. The average Bonchev–Trinajstić information content (AvgIpc) is 2.79. The van der Waals surface area contributed by atoms with Crippen LogP contribution in [0.5, 0.6) is 11.5 Å². The smallest absolute Gasteiger partial charge is 0.414 e. The zero-order valence-electron chi connectivity index (χ0n) is 17.3. The monoisotopic (exact) mass is 419 g/mol. The second kappa shape index (κ2) is 10.1. The van der Waals surface area contributed by atoms with Crippen molar-refractivity contribution in [3.8, 4) is 22.6 Å². The number of hydrogen-bond acceptors (Lipinski definition) is 7. The van der Waals surface area contributed by atoms with Gasteiger partial charge in [0.05, 0.1) is 19.0 Å². The lowest BCUT2D eigenvalue weighted by atomic mass is 10.0. The van der Waals surface area contributed by atoms with Crippen LogP contribution in [0.4, 0.5) is 4.79 Å². The largest absolute Gasteiger partial charge is 0.493 e. The Hall–Kier alpha value is -4.14. The Kier molecular flexibility index (Phi) is 7.00. The molecule has 0 atom stereocenters. The summed E-state index contributed by atoms with van der Waals surface area (Å²) in [6.45, 7) is 2.36. The zero-order chi connectivity index (χ0) is 22.2. The first-order valence-corrected chi connectivity index (χ1v) is 9.47. The molecule has 0 radical (unpaired) electrons. The third-order valence-electron chi connectivity index (χ3n) is 4.07. The van der Waals surface area contributed by atoms with Gasteiger partial charge in [0.1, 0.15) is 11.4 Å². The summed E-state index contributed by atoms with van der Waals surface area (Å²) < 4.78 is 10.9. The summed E-state index contributed by atoms with van der Waals surface area (Å²) in [7, 11) is 3.12. The number of aromatic nitrogens is 3. The maximum atomic E-state index is 12.8. The van der Waals surface area contributed by atoms with Gasteiger partial charge in [0, 0.05) is 31.4 Å². The van der Waals surface area contributed by atoms with Gasteiger partial charge >= 0.3 is 6.09 Å². The molecule has 2 aromatic heterocycles. The Morgan fingerprint density at radius 3 is 2.58 bits per heavy atom. The van der Waals surface area contributed by atoms with Crippen molar-refractivity contribution >= 4 is 18.2 Å². The molecule has 31 heavy (non-hydrogen) atoms. The second-order valence-corrected chi connectivity index (χ2v) is 6.44. The Bertz CT molecular complexity index is 1110. The predicted molar refractivity (Wildman–Crippen MR) is 115 cm³/mol. The SMILES string of the molecule is CCOc1ccccc1-c1ccnnc1C(=O)/N=C\c1ncccc1OC(=O)N(C)C. The van der Waals surface area contributed by atoms with Gasteiger partial charge in [0.2, 0.25) is 0 Å². The Morgan fingerprint density at radius 2 is 1.81 bits per heavy atom. The van der Waals surface area contributed by atoms with Crippen molar-refractivity contribution in [3.05, 3.63) is 66.2 Å². The maximum Gasteiger partial charge on any atom is 0.414 e. The highest BCUT2D eigenvalue weighted by Gasteiger charge is 2.18.